The molecule has 1 aliphatic heterocycles. The molecule has 29 heavy (non-hydrogen) atoms. The van der Waals surface area contributed by atoms with E-state index in [0.717, 1.165) is 10.2 Å². The molecule has 1 aromatic heterocycles. The van der Waals surface area contributed by atoms with Crippen LogP contribution in [0, 0.1) is 11.7 Å². The van der Waals surface area contributed by atoms with Gasteiger partial charge in [-0.1, -0.05) is 23.5 Å². The third kappa shape index (κ3) is 4.96. The van der Waals surface area contributed by atoms with E-state index in [9.17, 15) is 14.0 Å². The van der Waals surface area contributed by atoms with Gasteiger partial charge in [-0.3, -0.25) is 14.5 Å². The molecule has 1 aliphatic rings. The van der Waals surface area contributed by atoms with Gasteiger partial charge >= 0.3 is 0 Å². The quantitative estimate of drug-likeness (QED) is 0.670. The molecule has 0 spiro atoms. The fraction of sp³-hybridized carbons (Fsp3) is 0.286. The topological polar surface area (TPSA) is 74.3 Å². The number of carbonyl (C=O) groups excluding carboxylic acids is 2. The van der Waals surface area contributed by atoms with Gasteiger partial charge in [0, 0.05) is 11.6 Å². The predicted octanol–water partition coefficient (Wildman–Crippen LogP) is 3.72. The summed E-state index contributed by atoms with van der Waals surface area (Å²) in [6.45, 7) is 1.60. The molecule has 8 heteroatoms. The number of anilines is 2. The van der Waals surface area contributed by atoms with Gasteiger partial charge < -0.3 is 10.6 Å². The van der Waals surface area contributed by atoms with E-state index in [2.05, 4.69) is 15.6 Å². The van der Waals surface area contributed by atoms with Gasteiger partial charge in [0.25, 0.3) is 0 Å². The van der Waals surface area contributed by atoms with Crippen molar-refractivity contribution in [2.45, 2.75) is 12.8 Å². The minimum atomic E-state index is -0.339. The number of hydrogen-bond acceptors (Lipinski definition) is 5. The van der Waals surface area contributed by atoms with Gasteiger partial charge in [0.2, 0.25) is 11.8 Å². The summed E-state index contributed by atoms with van der Waals surface area (Å²) in [5, 5.41) is 6.32. The average molecular weight is 412 g/mol. The summed E-state index contributed by atoms with van der Waals surface area (Å²) < 4.78 is 14.0. The molecule has 3 aromatic rings. The number of amides is 2. The highest BCUT2D eigenvalue weighted by Gasteiger charge is 2.26. The van der Waals surface area contributed by atoms with E-state index in [1.165, 1.54) is 35.6 Å². The Hall–Kier alpha value is -2.84. The Labute approximate surface area is 171 Å². The summed E-state index contributed by atoms with van der Waals surface area (Å²) in [6, 6.07) is 13.5. The Morgan fingerprint density at radius 2 is 1.79 bits per heavy atom. The zero-order valence-electron chi connectivity index (χ0n) is 15.7. The fourth-order valence-electron chi connectivity index (χ4n) is 3.42. The van der Waals surface area contributed by atoms with Crippen molar-refractivity contribution in [1.29, 1.82) is 0 Å². The highest BCUT2D eigenvalue weighted by atomic mass is 32.1. The summed E-state index contributed by atoms with van der Waals surface area (Å²) in [6.07, 6.45) is 1.39. The Balaban J connectivity index is 1.24. The molecule has 150 valence electrons. The molecule has 0 saturated carbocycles. The molecule has 2 N–H and O–H groups in total. The largest absolute Gasteiger partial charge is 0.325 e. The van der Waals surface area contributed by atoms with Crippen molar-refractivity contribution in [3.63, 3.8) is 0 Å². The van der Waals surface area contributed by atoms with Crippen LogP contribution in [0.1, 0.15) is 12.8 Å². The fourth-order valence-corrected chi connectivity index (χ4v) is 4.29. The van der Waals surface area contributed by atoms with E-state index in [1.807, 2.05) is 29.2 Å². The first-order valence-corrected chi connectivity index (χ1v) is 10.3. The van der Waals surface area contributed by atoms with Gasteiger partial charge in [-0.05, 0) is 62.3 Å². The molecule has 0 aliphatic carbocycles. The lowest BCUT2D eigenvalue weighted by molar-refractivity contribution is -0.121. The second-order valence-corrected chi connectivity index (χ2v) is 8.11. The van der Waals surface area contributed by atoms with Crippen LogP contribution >= 0.6 is 11.3 Å². The predicted molar refractivity (Wildman–Crippen MR) is 112 cm³/mol. The van der Waals surface area contributed by atoms with Gasteiger partial charge in [0.05, 0.1) is 16.8 Å². The van der Waals surface area contributed by atoms with Crippen molar-refractivity contribution in [2.24, 2.45) is 5.92 Å². The zero-order valence-corrected chi connectivity index (χ0v) is 16.5. The average Bonchev–Trinajstić information content (AvgIpc) is 3.12. The maximum atomic E-state index is 12.9. The van der Waals surface area contributed by atoms with Crippen molar-refractivity contribution in [3.8, 4) is 0 Å². The zero-order chi connectivity index (χ0) is 20.2. The van der Waals surface area contributed by atoms with E-state index < -0.39 is 0 Å². The molecule has 0 bridgehead atoms. The van der Waals surface area contributed by atoms with Crippen LogP contribution in [0.15, 0.2) is 48.5 Å². The number of piperidine rings is 1. The molecule has 0 radical (unpaired) electrons. The Kier molecular flexibility index (Phi) is 5.82. The summed E-state index contributed by atoms with van der Waals surface area (Å²) in [5.74, 6) is -0.582. The normalized spacial score (nSPS) is 15.3. The number of carbonyl (C=O) groups is 2. The minimum Gasteiger partial charge on any atom is -0.325 e. The number of para-hydroxylation sites is 1. The molecular weight excluding hydrogens is 391 g/mol. The number of fused-ring (bicyclic) bond motifs is 1. The molecule has 6 nitrogen and oxygen atoms in total. The third-order valence-electron chi connectivity index (χ3n) is 4.98. The number of hydrogen-bond donors (Lipinski definition) is 2. The first-order chi connectivity index (χ1) is 14.1. The van der Waals surface area contributed by atoms with Gasteiger partial charge in [-0.15, -0.1) is 0 Å². The number of likely N-dealkylation sites (tertiary alicyclic amines) is 1. The van der Waals surface area contributed by atoms with Crippen LogP contribution in [0.25, 0.3) is 10.2 Å². The monoisotopic (exact) mass is 412 g/mol. The van der Waals surface area contributed by atoms with Crippen molar-refractivity contribution in [3.05, 3.63) is 54.3 Å². The first-order valence-electron chi connectivity index (χ1n) is 9.51. The van der Waals surface area contributed by atoms with Crippen LogP contribution in [0.3, 0.4) is 0 Å². The highest BCUT2D eigenvalue weighted by molar-refractivity contribution is 7.22. The molecule has 4 rings (SSSR count). The summed E-state index contributed by atoms with van der Waals surface area (Å²) >= 11 is 1.47. The van der Waals surface area contributed by atoms with Gasteiger partial charge in [0.15, 0.2) is 5.13 Å². The van der Waals surface area contributed by atoms with Crippen LogP contribution in [0.5, 0.6) is 0 Å². The Bertz CT molecular complexity index is 980. The molecular formula is C21H21FN4O2S. The van der Waals surface area contributed by atoms with E-state index in [-0.39, 0.29) is 30.1 Å². The van der Waals surface area contributed by atoms with E-state index >= 15 is 0 Å². The lowest BCUT2D eigenvalue weighted by atomic mass is 9.96. The minimum absolute atomic E-state index is 0.0144. The number of benzene rings is 2. The molecule has 2 amide bonds. The second kappa shape index (κ2) is 8.67. The molecule has 1 saturated heterocycles. The van der Waals surface area contributed by atoms with Crippen LogP contribution in [0.2, 0.25) is 0 Å². The SMILES string of the molecule is O=C(CN1CCC(C(=O)Nc2nc3ccccc3s2)CC1)Nc1ccc(F)cc1. The van der Waals surface area contributed by atoms with Crippen molar-refractivity contribution >= 4 is 44.2 Å². The van der Waals surface area contributed by atoms with Crippen molar-refractivity contribution in [1.82, 2.24) is 9.88 Å². The Morgan fingerprint density at radius 1 is 1.07 bits per heavy atom. The number of nitrogens with one attached hydrogen (secondary N) is 2. The van der Waals surface area contributed by atoms with Crippen LogP contribution in [-0.4, -0.2) is 41.3 Å². The van der Waals surface area contributed by atoms with Gasteiger partial charge in [0.1, 0.15) is 5.82 Å². The maximum absolute atomic E-state index is 12.9. The van der Waals surface area contributed by atoms with E-state index in [0.29, 0.717) is 36.8 Å². The summed E-state index contributed by atoms with van der Waals surface area (Å²) in [7, 11) is 0. The maximum Gasteiger partial charge on any atom is 0.238 e. The lowest BCUT2D eigenvalue weighted by Gasteiger charge is -2.30. The standard InChI is InChI=1S/C21H21FN4O2S/c22-15-5-7-16(8-6-15)23-19(27)13-26-11-9-14(10-12-26)20(28)25-21-24-17-3-1-2-4-18(17)29-21/h1-8,14H,9-13H2,(H,23,27)(H,24,25,28). The molecule has 1 fully saturated rings. The molecule has 2 heterocycles. The number of halogens is 1. The summed E-state index contributed by atoms with van der Waals surface area (Å²) in [4.78, 5) is 31.2. The first kappa shape index (κ1) is 19.5. The Morgan fingerprint density at radius 3 is 2.52 bits per heavy atom. The van der Waals surface area contributed by atoms with Crippen LogP contribution in [0.4, 0.5) is 15.2 Å². The van der Waals surface area contributed by atoms with Crippen molar-refractivity contribution < 1.29 is 14.0 Å². The smallest absolute Gasteiger partial charge is 0.238 e. The second-order valence-electron chi connectivity index (χ2n) is 7.08. The van der Waals surface area contributed by atoms with E-state index in [1.54, 1.807) is 0 Å². The van der Waals surface area contributed by atoms with Crippen LogP contribution in [-0.2, 0) is 9.59 Å². The lowest BCUT2D eigenvalue weighted by Crippen LogP contribution is -2.41. The molecule has 0 unspecified atom stereocenters. The number of nitrogens with zero attached hydrogens (tertiary/aromatic N) is 2. The highest BCUT2D eigenvalue weighted by Crippen LogP contribution is 2.27. The number of aromatic nitrogens is 1. The van der Waals surface area contributed by atoms with Gasteiger partial charge in [-0.2, -0.15) is 0 Å². The van der Waals surface area contributed by atoms with Crippen LogP contribution < -0.4 is 10.6 Å². The molecule has 0 atom stereocenters. The molecule has 2 aromatic carbocycles. The third-order valence-corrected chi connectivity index (χ3v) is 5.93. The van der Waals surface area contributed by atoms with E-state index in [4.69, 9.17) is 0 Å². The van der Waals surface area contributed by atoms with Crippen molar-refractivity contribution in [2.75, 3.05) is 30.3 Å². The number of rotatable bonds is 5. The number of thiazole rings is 1. The van der Waals surface area contributed by atoms with Gasteiger partial charge in [-0.25, -0.2) is 9.37 Å². The summed E-state index contributed by atoms with van der Waals surface area (Å²) in [5.41, 5.74) is 1.45.